The van der Waals surface area contributed by atoms with Crippen LogP contribution >= 0.6 is 0 Å². The number of aromatic carboxylic acids is 1. The van der Waals surface area contributed by atoms with Gasteiger partial charge in [-0.15, -0.1) is 0 Å². The number of aliphatic hydroxyl groups excluding tert-OH is 1. The molecule has 0 amide bonds. The summed E-state index contributed by atoms with van der Waals surface area (Å²) in [4.78, 5) is 72.2. The van der Waals surface area contributed by atoms with Gasteiger partial charge in [0.25, 0.3) is 0 Å². The topological polar surface area (TPSA) is 256 Å². The Hall–Kier alpha value is -4.49. The summed E-state index contributed by atoms with van der Waals surface area (Å²) in [7, 11) is 9.08. The molecule has 4 N–H and O–H groups in total. The van der Waals surface area contributed by atoms with Gasteiger partial charge in [0.1, 0.15) is 23.4 Å². The fourth-order valence-electron chi connectivity index (χ4n) is 12.8. The van der Waals surface area contributed by atoms with Crippen LogP contribution < -0.4 is 10.7 Å². The molecule has 0 bridgehead atoms. The fraction of sp³-hybridized carbons (Fsp3) is 0.776. The number of methoxy groups -OCH3 is 1. The molecular weight excluding hydrogens is 1040 g/mol. The Bertz CT molecular complexity index is 2560. The lowest BCUT2D eigenvalue weighted by Crippen LogP contribution is -2.61. The molecular formula is C58H91N5O17. The van der Waals surface area contributed by atoms with Crippen LogP contribution in [0, 0.1) is 17.8 Å². The van der Waals surface area contributed by atoms with Crippen LogP contribution in [0.25, 0.3) is 10.9 Å². The van der Waals surface area contributed by atoms with Crippen molar-refractivity contribution in [1.82, 2.24) is 19.3 Å². The molecule has 5 fully saturated rings. The van der Waals surface area contributed by atoms with E-state index in [4.69, 9.17) is 42.6 Å². The van der Waals surface area contributed by atoms with E-state index >= 15 is 0 Å². The second-order valence-electron chi connectivity index (χ2n) is 24.6. The summed E-state index contributed by atoms with van der Waals surface area (Å²) in [6.07, 6.45) is -5.72. The highest BCUT2D eigenvalue weighted by atomic mass is 16.8. The maximum absolute atomic E-state index is 14.8. The summed E-state index contributed by atoms with van der Waals surface area (Å²) in [5.41, 5.74) is -3.45. The number of likely N-dealkylation sites (N-methyl/N-ethyl adjacent to an activating group) is 3. The first-order valence-corrected chi connectivity index (χ1v) is 28.6. The molecule has 4 aliphatic heterocycles. The maximum Gasteiger partial charge on any atom is 0.509 e. The summed E-state index contributed by atoms with van der Waals surface area (Å²) < 4.78 is 59.1. The first-order valence-electron chi connectivity index (χ1n) is 28.6. The van der Waals surface area contributed by atoms with Gasteiger partial charge in [-0.2, -0.15) is 0 Å². The number of aromatic nitrogens is 1. The molecule has 5 aliphatic rings. The average Bonchev–Trinajstić information content (AvgIpc) is 4.34. The Morgan fingerprint density at radius 2 is 1.64 bits per heavy atom. The number of nitrogens with one attached hydrogen (secondary N) is 1. The molecule has 0 unspecified atom stereocenters. The summed E-state index contributed by atoms with van der Waals surface area (Å²) in [6, 6.07) is 4.72. The number of anilines is 1. The Kier molecular flexibility index (Phi) is 20.2. The van der Waals surface area contributed by atoms with Crippen LogP contribution in [0.15, 0.2) is 29.2 Å². The number of carbonyl (C=O) groups is 4. The number of ether oxygens (including phenoxy) is 9. The number of hydrogen-bond donors (Lipinski definition) is 4. The number of rotatable bonds is 17. The highest BCUT2D eigenvalue weighted by molar-refractivity contribution is 5.93. The number of benzene rings is 1. The number of cyclic esters (lactones) is 1. The number of esters is 2. The van der Waals surface area contributed by atoms with Crippen molar-refractivity contribution >= 4 is 40.7 Å². The van der Waals surface area contributed by atoms with Crippen LogP contribution in [-0.2, 0) is 52.2 Å². The lowest BCUT2D eigenvalue weighted by atomic mass is 9.77. The summed E-state index contributed by atoms with van der Waals surface area (Å²) in [6.45, 7) is 20.1. The van der Waals surface area contributed by atoms with Gasteiger partial charge in [-0.05, 0) is 133 Å². The normalized spacial score (nSPS) is 37.8. The van der Waals surface area contributed by atoms with Crippen molar-refractivity contribution < 1.29 is 77.1 Å². The van der Waals surface area contributed by atoms with Crippen molar-refractivity contribution in [1.29, 1.82) is 0 Å². The number of carboxylic acid groups (broad SMARTS) is 1. The second-order valence-corrected chi connectivity index (χ2v) is 24.6. The van der Waals surface area contributed by atoms with Crippen LogP contribution in [0.1, 0.15) is 131 Å². The summed E-state index contributed by atoms with van der Waals surface area (Å²) in [5.74, 6) is -4.47. The Balaban J connectivity index is 1.08. The predicted octanol–water partition coefficient (Wildman–Crippen LogP) is 5.42. The van der Waals surface area contributed by atoms with Crippen LogP contribution in [0.3, 0.4) is 0 Å². The van der Waals surface area contributed by atoms with E-state index in [1.54, 1.807) is 39.8 Å². The molecule has 80 heavy (non-hydrogen) atoms. The van der Waals surface area contributed by atoms with E-state index in [9.17, 15) is 39.3 Å². The van der Waals surface area contributed by atoms with E-state index in [2.05, 4.69) is 5.32 Å². The largest absolute Gasteiger partial charge is 0.509 e. The van der Waals surface area contributed by atoms with Crippen molar-refractivity contribution in [2.75, 3.05) is 66.8 Å². The summed E-state index contributed by atoms with van der Waals surface area (Å²) >= 11 is 0. The standard InChI is InChI=1S/C58H91N5O17/c1-16-43-58(10)50(79-55(70)80-58)35(6)62(14)29-31(2)27-56(8,71)49(78-54-47(66)42(60(11)12)25-32(3)73-54)33(4)48(34(5)53(69)75-43)77-45-28-57(9,72-15)51(36(7)74-45)76-44(64)21-23-61(13)24-22-59-37-17-20-39-41(26-37)63(38-18-19-38)30-40(46(39)65)52(67)68/h17,20,26,30-36,38,42-43,45,47-51,54,59,66,71H,16,18-19,21-25,27-29H2,1-15H3,(H,67,68)/t31-,32-,33+,34-,35-,36+,42+,43-,45+,47-,48+,49-,50-,51+,54+,56-,57-,58-/m1/s1. The zero-order valence-corrected chi connectivity index (χ0v) is 49.7. The first-order chi connectivity index (χ1) is 37.5. The van der Waals surface area contributed by atoms with Gasteiger partial charge in [0.15, 0.2) is 30.4 Å². The van der Waals surface area contributed by atoms with E-state index in [-0.39, 0.29) is 55.4 Å². The third-order valence-electron chi connectivity index (χ3n) is 17.6. The molecule has 1 aromatic carbocycles. The van der Waals surface area contributed by atoms with Gasteiger partial charge in [-0.1, -0.05) is 20.8 Å². The Morgan fingerprint density at radius 1 is 0.938 bits per heavy atom. The lowest BCUT2D eigenvalue weighted by Gasteiger charge is -2.49. The van der Waals surface area contributed by atoms with E-state index in [1.807, 2.05) is 95.1 Å². The van der Waals surface area contributed by atoms with E-state index < -0.39 is 119 Å². The van der Waals surface area contributed by atoms with Crippen LogP contribution in [0.4, 0.5) is 10.5 Å². The molecule has 1 aromatic heterocycles. The molecule has 1 saturated carbocycles. The molecule has 5 heterocycles. The molecule has 2 aromatic rings. The van der Waals surface area contributed by atoms with Crippen molar-refractivity contribution in [3.05, 3.63) is 40.2 Å². The van der Waals surface area contributed by atoms with Gasteiger partial charge in [-0.3, -0.25) is 19.3 Å². The Labute approximate surface area is 470 Å². The number of carboxylic acids is 1. The second kappa shape index (κ2) is 25.6. The van der Waals surface area contributed by atoms with Crippen LogP contribution in [-0.4, -0.2) is 210 Å². The van der Waals surface area contributed by atoms with Gasteiger partial charge < -0.3 is 77.6 Å². The SMILES string of the molecule is CC[C@H]1OC(=O)[C@H](C)[C@@H](O[C@H]2C[C@@](C)(OC)[C@@H](OC(=O)CCN(C)CCNc3ccc4c(=O)c(C(=O)O)cn(C5CC5)c4c3)[C@H](C)O2)[C@H](C)[C@@H](O[C@@H]2O[C@H](C)C[C@H](N(C)C)[C@H]2O)[C@](C)(O)C[C@@H](C)CN(C)[C@H](C)[C@H]2OC(=O)O[C@@]21C. The molecule has 7 rings (SSSR count). The molecule has 18 atom stereocenters. The number of pyridine rings is 1. The van der Waals surface area contributed by atoms with E-state index in [1.165, 1.54) is 13.3 Å². The third kappa shape index (κ3) is 13.9. The highest BCUT2D eigenvalue weighted by Gasteiger charge is 2.58. The van der Waals surface area contributed by atoms with Crippen LogP contribution in [0.5, 0.6) is 0 Å². The number of carbonyl (C=O) groups excluding carboxylic acids is 3. The van der Waals surface area contributed by atoms with E-state index in [0.29, 0.717) is 43.5 Å². The molecule has 22 nitrogen and oxygen atoms in total. The zero-order chi connectivity index (χ0) is 58.9. The van der Waals surface area contributed by atoms with Gasteiger partial charge in [0.05, 0.1) is 47.9 Å². The molecule has 22 heteroatoms. The van der Waals surface area contributed by atoms with Crippen molar-refractivity contribution in [3.8, 4) is 0 Å². The van der Waals surface area contributed by atoms with Crippen molar-refractivity contribution in [2.45, 2.75) is 211 Å². The predicted molar refractivity (Wildman–Crippen MR) is 295 cm³/mol. The minimum absolute atomic E-state index is 0.0505. The molecule has 1 aliphatic carbocycles. The fourth-order valence-corrected chi connectivity index (χ4v) is 12.8. The van der Waals surface area contributed by atoms with Gasteiger partial charge in [0.2, 0.25) is 5.43 Å². The minimum Gasteiger partial charge on any atom is -0.477 e. The number of nitrogens with zero attached hydrogens (tertiary/aromatic N) is 4. The molecule has 450 valence electrons. The summed E-state index contributed by atoms with van der Waals surface area (Å²) in [5, 5.41) is 38.1. The molecule has 0 spiro atoms. The van der Waals surface area contributed by atoms with Gasteiger partial charge in [-0.25, -0.2) is 9.59 Å². The van der Waals surface area contributed by atoms with Gasteiger partial charge in [0, 0.05) is 81.0 Å². The Morgan fingerprint density at radius 3 is 2.27 bits per heavy atom. The highest BCUT2D eigenvalue weighted by Crippen LogP contribution is 2.43. The molecule has 4 saturated heterocycles. The van der Waals surface area contributed by atoms with Crippen LogP contribution in [0.2, 0.25) is 0 Å². The number of fused-ring (bicyclic) bond motifs is 2. The number of aliphatic hydroxyl groups is 2. The lowest BCUT2D eigenvalue weighted by molar-refractivity contribution is -0.318. The maximum atomic E-state index is 14.8. The molecule has 0 radical (unpaired) electrons. The third-order valence-corrected chi connectivity index (χ3v) is 17.6. The average molecular weight is 1130 g/mol. The minimum atomic E-state index is -1.63. The first kappa shape index (κ1) is 63.1. The zero-order valence-electron chi connectivity index (χ0n) is 49.7. The number of hydrogen-bond acceptors (Lipinski definition) is 20. The van der Waals surface area contributed by atoms with Crippen molar-refractivity contribution in [3.63, 3.8) is 0 Å². The smallest absolute Gasteiger partial charge is 0.477 e. The van der Waals surface area contributed by atoms with Crippen molar-refractivity contribution in [2.24, 2.45) is 17.8 Å². The quantitative estimate of drug-likeness (QED) is 0.114. The monoisotopic (exact) mass is 1130 g/mol. The van der Waals surface area contributed by atoms with Gasteiger partial charge >= 0.3 is 24.1 Å². The van der Waals surface area contributed by atoms with E-state index in [0.717, 1.165) is 18.5 Å².